The molecule has 0 aliphatic heterocycles. The van der Waals surface area contributed by atoms with Gasteiger partial charge in [-0.05, 0) is 24.3 Å². The van der Waals surface area contributed by atoms with Crippen LogP contribution in [-0.2, 0) is 0 Å². The average Bonchev–Trinajstić information content (AvgIpc) is 3.24. The van der Waals surface area contributed by atoms with Crippen LogP contribution in [0.1, 0.15) is 0 Å². The first-order valence-corrected chi connectivity index (χ1v) is 8.81. The Balaban J connectivity index is 1.78. The van der Waals surface area contributed by atoms with Gasteiger partial charge in [0.15, 0.2) is 5.82 Å². The number of benzene rings is 3. The van der Waals surface area contributed by atoms with Gasteiger partial charge in [0.05, 0.1) is 16.9 Å². The minimum absolute atomic E-state index is 0.803. The molecule has 4 nitrogen and oxygen atoms in total. The van der Waals surface area contributed by atoms with Crippen LogP contribution < -0.4 is 0 Å². The van der Waals surface area contributed by atoms with Crippen molar-refractivity contribution in [3.63, 3.8) is 0 Å². The Morgan fingerprint density at radius 2 is 1.41 bits per heavy atom. The van der Waals surface area contributed by atoms with Crippen molar-refractivity contribution in [2.45, 2.75) is 0 Å². The summed E-state index contributed by atoms with van der Waals surface area (Å²) in [6.45, 7) is 0. The Bertz CT molecular complexity index is 1210. The summed E-state index contributed by atoms with van der Waals surface area (Å²) in [7, 11) is 0. The van der Waals surface area contributed by atoms with E-state index in [9.17, 15) is 0 Å². The van der Waals surface area contributed by atoms with Gasteiger partial charge in [-0.15, -0.1) is 0 Å². The highest BCUT2D eigenvalue weighted by molar-refractivity contribution is 5.95. The van der Waals surface area contributed by atoms with Gasteiger partial charge in [-0.3, -0.25) is 0 Å². The number of nitrogens with zero attached hydrogens (tertiary/aromatic N) is 4. The fraction of sp³-hybridized carbons (Fsp3) is 0. The maximum Gasteiger partial charge on any atom is 0.163 e. The van der Waals surface area contributed by atoms with Gasteiger partial charge >= 0.3 is 0 Å². The molecular weight excluding hydrogens is 332 g/mol. The quantitative estimate of drug-likeness (QED) is 0.453. The molecule has 0 fully saturated rings. The van der Waals surface area contributed by atoms with Gasteiger partial charge < -0.3 is 0 Å². The molecule has 5 rings (SSSR count). The molecule has 0 unspecified atom stereocenters. The number of pyridine rings is 1. The van der Waals surface area contributed by atoms with E-state index in [1.54, 1.807) is 6.33 Å². The lowest BCUT2D eigenvalue weighted by Crippen LogP contribution is -2.00. The lowest BCUT2D eigenvalue weighted by Gasteiger charge is -2.11. The van der Waals surface area contributed by atoms with E-state index in [0.717, 1.165) is 39.2 Å². The highest BCUT2D eigenvalue weighted by Crippen LogP contribution is 2.31. The minimum atomic E-state index is 0.803. The SMILES string of the molecule is c1ccc(-c2cc(-c3ncnn3-c3ccccc3)c3ccccc3n2)cc1. The maximum absolute atomic E-state index is 4.86. The summed E-state index contributed by atoms with van der Waals surface area (Å²) in [5.74, 6) is 0.803. The van der Waals surface area contributed by atoms with Gasteiger partial charge in [0.2, 0.25) is 0 Å². The van der Waals surface area contributed by atoms with Crippen LogP contribution in [0.25, 0.3) is 39.2 Å². The molecule has 0 atom stereocenters. The van der Waals surface area contributed by atoms with Crippen LogP contribution >= 0.6 is 0 Å². The Kier molecular flexibility index (Phi) is 3.72. The minimum Gasteiger partial charge on any atom is -0.248 e. The molecule has 128 valence electrons. The van der Waals surface area contributed by atoms with E-state index in [-0.39, 0.29) is 0 Å². The fourth-order valence-electron chi connectivity index (χ4n) is 3.30. The van der Waals surface area contributed by atoms with Crippen molar-refractivity contribution < 1.29 is 0 Å². The van der Waals surface area contributed by atoms with Gasteiger partial charge in [0.25, 0.3) is 0 Å². The first-order valence-electron chi connectivity index (χ1n) is 8.81. The molecule has 0 spiro atoms. The Labute approximate surface area is 156 Å². The van der Waals surface area contributed by atoms with E-state index in [4.69, 9.17) is 4.98 Å². The topological polar surface area (TPSA) is 43.6 Å². The first-order chi connectivity index (χ1) is 13.4. The molecule has 0 aliphatic carbocycles. The van der Waals surface area contributed by atoms with E-state index >= 15 is 0 Å². The molecule has 0 bridgehead atoms. The molecular formula is C23H16N4. The lowest BCUT2D eigenvalue weighted by atomic mass is 10.0. The van der Waals surface area contributed by atoms with E-state index in [1.165, 1.54) is 0 Å². The van der Waals surface area contributed by atoms with E-state index < -0.39 is 0 Å². The Hall–Kier alpha value is -3.79. The molecule has 0 saturated carbocycles. The first kappa shape index (κ1) is 15.5. The smallest absolute Gasteiger partial charge is 0.163 e. The molecule has 2 heterocycles. The maximum atomic E-state index is 4.86. The van der Waals surface area contributed by atoms with Crippen LogP contribution in [0, 0.1) is 0 Å². The van der Waals surface area contributed by atoms with Gasteiger partial charge in [0, 0.05) is 16.5 Å². The summed E-state index contributed by atoms with van der Waals surface area (Å²) in [5, 5.41) is 5.51. The summed E-state index contributed by atoms with van der Waals surface area (Å²) < 4.78 is 1.87. The van der Waals surface area contributed by atoms with Crippen LogP contribution in [0.2, 0.25) is 0 Å². The second kappa shape index (κ2) is 6.50. The third kappa shape index (κ3) is 2.77. The highest BCUT2D eigenvalue weighted by Gasteiger charge is 2.15. The number of aromatic nitrogens is 4. The zero-order valence-electron chi connectivity index (χ0n) is 14.5. The van der Waals surface area contributed by atoms with Crippen LogP contribution in [0.3, 0.4) is 0 Å². The van der Waals surface area contributed by atoms with Crippen LogP contribution in [-0.4, -0.2) is 19.7 Å². The summed E-state index contributed by atoms with van der Waals surface area (Å²) in [4.78, 5) is 9.43. The molecule has 4 heteroatoms. The molecule has 0 saturated heterocycles. The van der Waals surface area contributed by atoms with Crippen molar-refractivity contribution in [2.24, 2.45) is 0 Å². The van der Waals surface area contributed by atoms with Crippen molar-refractivity contribution in [1.29, 1.82) is 0 Å². The molecule has 2 aromatic heterocycles. The average molecular weight is 348 g/mol. The number of rotatable bonds is 3. The predicted molar refractivity (Wildman–Crippen MR) is 108 cm³/mol. The van der Waals surface area contributed by atoms with Gasteiger partial charge in [-0.1, -0.05) is 66.7 Å². The number of para-hydroxylation sites is 2. The largest absolute Gasteiger partial charge is 0.248 e. The summed E-state index contributed by atoms with van der Waals surface area (Å²) in [5.41, 5.74) is 4.94. The number of hydrogen-bond donors (Lipinski definition) is 0. The van der Waals surface area contributed by atoms with Crippen LogP contribution in [0.5, 0.6) is 0 Å². The zero-order valence-corrected chi connectivity index (χ0v) is 14.5. The van der Waals surface area contributed by atoms with Crippen molar-refractivity contribution >= 4 is 10.9 Å². The second-order valence-corrected chi connectivity index (χ2v) is 6.27. The molecule has 5 aromatic rings. The molecule has 0 aliphatic rings. The monoisotopic (exact) mass is 348 g/mol. The number of hydrogen-bond acceptors (Lipinski definition) is 3. The normalized spacial score (nSPS) is 11.0. The Morgan fingerprint density at radius 1 is 0.704 bits per heavy atom. The third-order valence-corrected chi connectivity index (χ3v) is 4.58. The fourth-order valence-corrected chi connectivity index (χ4v) is 3.30. The van der Waals surface area contributed by atoms with Gasteiger partial charge in [-0.2, -0.15) is 5.10 Å². The zero-order chi connectivity index (χ0) is 18.1. The van der Waals surface area contributed by atoms with Gasteiger partial charge in [0.1, 0.15) is 6.33 Å². The highest BCUT2D eigenvalue weighted by atomic mass is 15.3. The molecule has 0 N–H and O–H groups in total. The van der Waals surface area contributed by atoms with Crippen molar-refractivity contribution in [3.05, 3.63) is 97.3 Å². The molecule has 27 heavy (non-hydrogen) atoms. The molecule has 3 aromatic carbocycles. The second-order valence-electron chi connectivity index (χ2n) is 6.27. The van der Waals surface area contributed by atoms with Crippen molar-refractivity contribution in [2.75, 3.05) is 0 Å². The summed E-state index contributed by atoms with van der Waals surface area (Å²) in [6, 6.07) is 30.5. The number of fused-ring (bicyclic) bond motifs is 1. The third-order valence-electron chi connectivity index (χ3n) is 4.58. The Morgan fingerprint density at radius 3 is 2.22 bits per heavy atom. The summed E-state index contributed by atoms with van der Waals surface area (Å²) >= 11 is 0. The predicted octanol–water partition coefficient (Wildman–Crippen LogP) is 5.15. The lowest BCUT2D eigenvalue weighted by molar-refractivity contribution is 0.888. The summed E-state index contributed by atoms with van der Waals surface area (Å²) in [6.07, 6.45) is 1.60. The van der Waals surface area contributed by atoms with E-state index in [0.29, 0.717) is 0 Å². The van der Waals surface area contributed by atoms with Crippen molar-refractivity contribution in [3.8, 4) is 28.3 Å². The van der Waals surface area contributed by atoms with E-state index in [2.05, 4.69) is 34.3 Å². The van der Waals surface area contributed by atoms with Crippen LogP contribution in [0.15, 0.2) is 97.3 Å². The molecule has 0 amide bonds. The van der Waals surface area contributed by atoms with Crippen LogP contribution in [0.4, 0.5) is 0 Å². The van der Waals surface area contributed by atoms with E-state index in [1.807, 2.05) is 71.4 Å². The van der Waals surface area contributed by atoms with Crippen molar-refractivity contribution in [1.82, 2.24) is 19.7 Å². The van der Waals surface area contributed by atoms with Gasteiger partial charge in [-0.25, -0.2) is 14.6 Å². The molecule has 0 radical (unpaired) electrons. The standard InChI is InChI=1S/C23H16N4/c1-3-9-17(10-4-1)22-15-20(19-13-7-8-14-21(19)26-22)23-24-16-25-27(23)18-11-5-2-6-12-18/h1-16H.